The Hall–Kier alpha value is -5.90. The first-order valence-corrected chi connectivity index (χ1v) is 18.4. The van der Waals surface area contributed by atoms with Crippen LogP contribution in [-0.4, -0.2) is 62.8 Å². The number of hydrogen-bond donors (Lipinski definition) is 2. The molecular formula is C45H50O10. The van der Waals surface area contributed by atoms with Crippen molar-refractivity contribution in [3.63, 3.8) is 0 Å². The number of carboxylic acid groups (broad SMARTS) is 2. The van der Waals surface area contributed by atoms with Crippen LogP contribution >= 0.6 is 0 Å². The van der Waals surface area contributed by atoms with Gasteiger partial charge in [-0.3, -0.25) is 0 Å². The molecule has 0 saturated carbocycles. The second-order valence-corrected chi connectivity index (χ2v) is 13.6. The first-order chi connectivity index (χ1) is 26.4. The molecular weight excluding hydrogens is 700 g/mol. The highest BCUT2D eigenvalue weighted by Crippen LogP contribution is 2.54. The summed E-state index contributed by atoms with van der Waals surface area (Å²) < 4.78 is 33.6. The molecule has 0 bridgehead atoms. The minimum absolute atomic E-state index is 0.166. The Morgan fingerprint density at radius 1 is 0.564 bits per heavy atom. The van der Waals surface area contributed by atoms with Crippen LogP contribution in [0.2, 0.25) is 0 Å². The zero-order chi connectivity index (χ0) is 39.9. The summed E-state index contributed by atoms with van der Waals surface area (Å²) in [4.78, 5) is 22.9. The van der Waals surface area contributed by atoms with Gasteiger partial charge < -0.3 is 38.6 Å². The van der Waals surface area contributed by atoms with E-state index < -0.39 is 24.1 Å². The maximum atomic E-state index is 11.5. The zero-order valence-corrected chi connectivity index (χ0v) is 32.7. The fourth-order valence-electron chi connectivity index (χ4n) is 7.32. The summed E-state index contributed by atoms with van der Waals surface area (Å²) in [5, 5.41) is 18.7. The lowest BCUT2D eigenvalue weighted by Crippen LogP contribution is -2.25. The number of benzene rings is 4. The number of aliphatic carboxylic acids is 2. The number of fused-ring (bicyclic) bond motifs is 3. The molecule has 0 amide bonds. The molecule has 1 aliphatic carbocycles. The van der Waals surface area contributed by atoms with Crippen molar-refractivity contribution in [2.45, 2.75) is 71.0 Å². The molecule has 1 aliphatic rings. The Bertz CT molecular complexity index is 1900. The monoisotopic (exact) mass is 750 g/mol. The molecule has 0 heterocycles. The lowest BCUT2D eigenvalue weighted by molar-refractivity contribution is -0.145. The Morgan fingerprint density at radius 2 is 0.891 bits per heavy atom. The van der Waals surface area contributed by atoms with Crippen LogP contribution in [0.3, 0.4) is 0 Å². The summed E-state index contributed by atoms with van der Waals surface area (Å²) in [6.07, 6.45) is 9.96. The third-order valence-corrected chi connectivity index (χ3v) is 9.95. The van der Waals surface area contributed by atoms with Gasteiger partial charge >= 0.3 is 11.9 Å². The van der Waals surface area contributed by atoms with Gasteiger partial charge in [-0.15, -0.1) is 0 Å². The Morgan fingerprint density at radius 3 is 1.18 bits per heavy atom. The number of rotatable bonds is 18. The summed E-state index contributed by atoms with van der Waals surface area (Å²) in [7, 11) is 6.03. The normalized spacial score (nSPS) is 13.9. The van der Waals surface area contributed by atoms with Crippen LogP contribution in [0.15, 0.2) is 60.7 Å². The number of hydrogen-bond acceptors (Lipinski definition) is 8. The van der Waals surface area contributed by atoms with E-state index in [0.29, 0.717) is 23.0 Å². The van der Waals surface area contributed by atoms with Crippen LogP contribution in [0.5, 0.6) is 34.5 Å². The third-order valence-electron chi connectivity index (χ3n) is 9.95. The fraction of sp³-hybridized carbons (Fsp3) is 0.333. The Labute approximate surface area is 322 Å². The summed E-state index contributed by atoms with van der Waals surface area (Å²) >= 11 is 0. The van der Waals surface area contributed by atoms with E-state index in [0.717, 1.165) is 47.9 Å². The molecule has 0 fully saturated rings. The Kier molecular flexibility index (Phi) is 12.8. The maximum Gasteiger partial charge on any atom is 0.344 e. The highest BCUT2D eigenvalue weighted by atomic mass is 16.6. The van der Waals surface area contributed by atoms with E-state index in [1.54, 1.807) is 24.3 Å². The predicted octanol–water partition coefficient (Wildman–Crippen LogP) is 9.63. The SMILES string of the molecule is CCCC1(CCC)c2cc(/C=C/c3cc(OC)c(OC(C)C(=O)O)c(OC)c3)ccc2-c2ccc(/C=C/c3cc(OC)c(OC(C)C(=O)O)c(OC)c3)cc21. The summed E-state index contributed by atoms with van der Waals surface area (Å²) in [5.74, 6) is -0.204. The topological polar surface area (TPSA) is 130 Å². The molecule has 0 spiro atoms. The van der Waals surface area contributed by atoms with Gasteiger partial charge in [-0.25, -0.2) is 9.59 Å². The molecule has 4 aromatic rings. The predicted molar refractivity (Wildman–Crippen MR) is 215 cm³/mol. The quantitative estimate of drug-likeness (QED) is 0.0949. The molecule has 0 aromatic heterocycles. The summed E-state index contributed by atoms with van der Waals surface area (Å²) in [6, 6.07) is 20.5. The second-order valence-electron chi connectivity index (χ2n) is 13.6. The average Bonchev–Trinajstić information content (AvgIpc) is 3.44. The van der Waals surface area contributed by atoms with Crippen LogP contribution in [0, 0.1) is 0 Å². The third kappa shape index (κ3) is 8.43. The van der Waals surface area contributed by atoms with Gasteiger partial charge in [-0.1, -0.05) is 87.4 Å². The first kappa shape index (κ1) is 40.3. The fourth-order valence-corrected chi connectivity index (χ4v) is 7.32. The molecule has 10 nitrogen and oxygen atoms in total. The lowest BCUT2D eigenvalue weighted by Gasteiger charge is -2.32. The number of ether oxygens (including phenoxy) is 6. The lowest BCUT2D eigenvalue weighted by atomic mass is 9.71. The van der Waals surface area contributed by atoms with E-state index in [9.17, 15) is 19.8 Å². The molecule has 0 aliphatic heterocycles. The van der Waals surface area contributed by atoms with E-state index in [1.807, 2.05) is 12.2 Å². The maximum absolute atomic E-state index is 11.5. The standard InChI is InChI=1S/C45H50O10/c1-9-19-45(20-10-2)35-21-29(11-13-31-23-37(50-5)41(38(24-31)51-6)54-27(3)43(46)47)15-17-33(35)34-18-16-30(22-36(34)45)12-14-32-25-39(52-7)42(40(26-32)53-8)55-28(4)44(48)49/h11-18,21-28H,9-10,19-20H2,1-8H3,(H,46,47)(H,48,49)/b13-11+,14-12+. The number of carboxylic acids is 2. The molecule has 0 radical (unpaired) electrons. The summed E-state index contributed by atoms with van der Waals surface area (Å²) in [6.45, 7) is 7.38. The molecule has 2 N–H and O–H groups in total. The van der Waals surface area contributed by atoms with Crippen LogP contribution in [0.4, 0.5) is 0 Å². The highest BCUT2D eigenvalue weighted by molar-refractivity contribution is 5.85. The molecule has 0 saturated heterocycles. The first-order valence-electron chi connectivity index (χ1n) is 18.4. The van der Waals surface area contributed by atoms with Crippen LogP contribution in [-0.2, 0) is 15.0 Å². The average molecular weight is 751 g/mol. The van der Waals surface area contributed by atoms with E-state index in [2.05, 4.69) is 62.4 Å². The minimum atomic E-state index is -1.09. The molecule has 290 valence electrons. The van der Waals surface area contributed by atoms with Gasteiger partial charge in [-0.05, 0) is 95.5 Å². The van der Waals surface area contributed by atoms with Crippen LogP contribution in [0.25, 0.3) is 35.4 Å². The Balaban J connectivity index is 1.49. The van der Waals surface area contributed by atoms with E-state index in [4.69, 9.17) is 28.4 Å². The van der Waals surface area contributed by atoms with E-state index >= 15 is 0 Å². The van der Waals surface area contributed by atoms with Gasteiger partial charge in [0, 0.05) is 5.41 Å². The molecule has 55 heavy (non-hydrogen) atoms. The zero-order valence-electron chi connectivity index (χ0n) is 32.7. The van der Waals surface area contributed by atoms with Crippen molar-refractivity contribution < 1.29 is 48.2 Å². The number of carbonyl (C=O) groups is 2. The van der Waals surface area contributed by atoms with Crippen molar-refractivity contribution in [2.24, 2.45) is 0 Å². The smallest absolute Gasteiger partial charge is 0.344 e. The van der Waals surface area contributed by atoms with E-state index in [1.165, 1.54) is 64.5 Å². The van der Waals surface area contributed by atoms with E-state index in [-0.39, 0.29) is 16.9 Å². The minimum Gasteiger partial charge on any atom is -0.493 e. The molecule has 5 rings (SSSR count). The van der Waals surface area contributed by atoms with Crippen molar-refractivity contribution in [3.05, 3.63) is 94.0 Å². The largest absolute Gasteiger partial charge is 0.493 e. The van der Waals surface area contributed by atoms with Crippen molar-refractivity contribution >= 4 is 36.2 Å². The summed E-state index contributed by atoms with van der Waals surface area (Å²) in [5.41, 5.74) is 8.66. The highest BCUT2D eigenvalue weighted by Gasteiger charge is 2.42. The van der Waals surface area contributed by atoms with Gasteiger partial charge in [-0.2, -0.15) is 0 Å². The van der Waals surface area contributed by atoms with Gasteiger partial charge in [0.15, 0.2) is 35.2 Å². The number of methoxy groups -OCH3 is 4. The molecule has 4 aromatic carbocycles. The van der Waals surface area contributed by atoms with Gasteiger partial charge in [0.05, 0.1) is 28.4 Å². The van der Waals surface area contributed by atoms with Crippen molar-refractivity contribution in [1.29, 1.82) is 0 Å². The van der Waals surface area contributed by atoms with Crippen LogP contribution in [0.1, 0.15) is 86.8 Å². The molecule has 10 heteroatoms. The van der Waals surface area contributed by atoms with Crippen molar-refractivity contribution in [3.8, 4) is 45.6 Å². The van der Waals surface area contributed by atoms with Crippen molar-refractivity contribution in [1.82, 2.24) is 0 Å². The van der Waals surface area contributed by atoms with Gasteiger partial charge in [0.2, 0.25) is 11.5 Å². The van der Waals surface area contributed by atoms with Gasteiger partial charge in [0.25, 0.3) is 0 Å². The molecule has 2 unspecified atom stereocenters. The van der Waals surface area contributed by atoms with Crippen LogP contribution < -0.4 is 28.4 Å². The van der Waals surface area contributed by atoms with Crippen molar-refractivity contribution in [2.75, 3.05) is 28.4 Å². The van der Waals surface area contributed by atoms with Gasteiger partial charge in [0.1, 0.15) is 0 Å². The molecule has 2 atom stereocenters. The second kappa shape index (κ2) is 17.5.